The molecule has 0 unspecified atom stereocenters. The van der Waals surface area contributed by atoms with Gasteiger partial charge in [-0.15, -0.1) is 11.6 Å². The predicted octanol–water partition coefficient (Wildman–Crippen LogP) is 4.43. The maximum absolute atomic E-state index is 14.1. The van der Waals surface area contributed by atoms with Crippen molar-refractivity contribution < 1.29 is 4.39 Å². The van der Waals surface area contributed by atoms with Crippen LogP contribution in [0.4, 0.5) is 4.39 Å². The van der Waals surface area contributed by atoms with E-state index in [4.69, 9.17) is 28.5 Å². The smallest absolute Gasteiger partial charge is 0.147 e. The molecule has 0 spiro atoms. The van der Waals surface area contributed by atoms with Crippen LogP contribution in [0.15, 0.2) is 36.4 Å². The number of alkyl halides is 1. The van der Waals surface area contributed by atoms with Crippen LogP contribution in [-0.2, 0) is 5.88 Å². The lowest BCUT2D eigenvalue weighted by molar-refractivity contribution is 0.618. The van der Waals surface area contributed by atoms with E-state index < -0.39 is 5.82 Å². The number of nitrogens with zero attached hydrogens (tertiary/aromatic N) is 3. The van der Waals surface area contributed by atoms with Crippen LogP contribution < -0.4 is 0 Å². The fraction of sp³-hybridized carbons (Fsp3) is 0.0667. The van der Waals surface area contributed by atoms with E-state index in [1.165, 1.54) is 18.2 Å². The summed E-state index contributed by atoms with van der Waals surface area (Å²) in [4.78, 5) is 4.37. The number of halogens is 3. The van der Waals surface area contributed by atoms with Gasteiger partial charge in [-0.3, -0.25) is 4.57 Å². The van der Waals surface area contributed by atoms with Crippen molar-refractivity contribution in [2.75, 3.05) is 0 Å². The van der Waals surface area contributed by atoms with E-state index in [0.29, 0.717) is 27.4 Å². The Bertz CT molecular complexity index is 880. The summed E-state index contributed by atoms with van der Waals surface area (Å²) in [5.74, 6) is 0.165. The Hall–Kier alpha value is -2.09. The average molecular weight is 320 g/mol. The Morgan fingerprint density at radius 2 is 2.05 bits per heavy atom. The number of imidazole rings is 1. The molecule has 1 heterocycles. The third-order valence-electron chi connectivity index (χ3n) is 3.12. The Morgan fingerprint density at radius 1 is 1.24 bits per heavy atom. The summed E-state index contributed by atoms with van der Waals surface area (Å²) in [5.41, 5.74) is 1.98. The molecule has 6 heteroatoms. The summed E-state index contributed by atoms with van der Waals surface area (Å²) in [7, 11) is 0. The van der Waals surface area contributed by atoms with Gasteiger partial charge in [0.25, 0.3) is 0 Å². The molecule has 0 N–H and O–H groups in total. The van der Waals surface area contributed by atoms with Gasteiger partial charge in [-0.1, -0.05) is 11.6 Å². The van der Waals surface area contributed by atoms with Gasteiger partial charge in [0.05, 0.1) is 34.2 Å². The standard InChI is InChI=1S/C15H8Cl2FN3/c16-7-15-20-12-4-1-9(8-19)5-14(12)21(15)13-6-10(17)2-3-11(13)18/h1-6H,7H2. The molecule has 0 aliphatic carbocycles. The second-order valence-electron chi connectivity index (χ2n) is 4.41. The molecule has 21 heavy (non-hydrogen) atoms. The maximum atomic E-state index is 14.1. The summed E-state index contributed by atoms with van der Waals surface area (Å²) >= 11 is 11.9. The number of aromatic nitrogens is 2. The number of nitriles is 1. The van der Waals surface area contributed by atoms with E-state index in [0.717, 1.165) is 0 Å². The maximum Gasteiger partial charge on any atom is 0.147 e. The first kappa shape index (κ1) is 13.9. The van der Waals surface area contributed by atoms with Gasteiger partial charge in [0, 0.05) is 5.02 Å². The molecule has 104 valence electrons. The Morgan fingerprint density at radius 3 is 2.76 bits per heavy atom. The fourth-order valence-corrected chi connectivity index (χ4v) is 2.56. The highest BCUT2D eigenvalue weighted by atomic mass is 35.5. The third-order valence-corrected chi connectivity index (χ3v) is 3.60. The summed E-state index contributed by atoms with van der Waals surface area (Å²) in [6, 6.07) is 11.3. The van der Waals surface area contributed by atoms with Crippen molar-refractivity contribution in [1.29, 1.82) is 5.26 Å². The lowest BCUT2D eigenvalue weighted by Crippen LogP contribution is -2.02. The van der Waals surface area contributed by atoms with E-state index in [-0.39, 0.29) is 11.6 Å². The third kappa shape index (κ3) is 2.35. The molecule has 2 aromatic carbocycles. The molecule has 1 aromatic heterocycles. The van der Waals surface area contributed by atoms with Crippen molar-refractivity contribution in [2.24, 2.45) is 0 Å². The van der Waals surface area contributed by atoms with E-state index in [9.17, 15) is 4.39 Å². The number of hydrogen-bond donors (Lipinski definition) is 0. The number of hydrogen-bond acceptors (Lipinski definition) is 2. The molecular weight excluding hydrogens is 312 g/mol. The molecule has 0 saturated carbocycles. The van der Waals surface area contributed by atoms with Gasteiger partial charge in [-0.25, -0.2) is 9.37 Å². The lowest BCUT2D eigenvalue weighted by Gasteiger charge is -2.09. The molecule has 0 aliphatic rings. The van der Waals surface area contributed by atoms with Crippen molar-refractivity contribution in [1.82, 2.24) is 9.55 Å². The van der Waals surface area contributed by atoms with Crippen LogP contribution >= 0.6 is 23.2 Å². The molecule has 0 aliphatic heterocycles. The molecule has 3 aromatic rings. The molecule has 0 bridgehead atoms. The first-order valence-corrected chi connectivity index (χ1v) is 6.98. The molecule has 0 saturated heterocycles. The van der Waals surface area contributed by atoms with Crippen molar-refractivity contribution in [2.45, 2.75) is 5.88 Å². The largest absolute Gasteiger partial charge is 0.292 e. The van der Waals surface area contributed by atoms with Crippen molar-refractivity contribution in [3.8, 4) is 11.8 Å². The van der Waals surface area contributed by atoms with Crippen LogP contribution in [0.1, 0.15) is 11.4 Å². The average Bonchev–Trinajstić information content (AvgIpc) is 2.87. The number of fused-ring (bicyclic) bond motifs is 1. The first-order valence-electron chi connectivity index (χ1n) is 6.07. The van der Waals surface area contributed by atoms with Gasteiger partial charge >= 0.3 is 0 Å². The normalized spacial score (nSPS) is 10.8. The highest BCUT2D eigenvalue weighted by Gasteiger charge is 2.15. The summed E-state index contributed by atoms with van der Waals surface area (Å²) in [6.07, 6.45) is 0. The van der Waals surface area contributed by atoms with Gasteiger partial charge in [-0.05, 0) is 36.4 Å². The van der Waals surface area contributed by atoms with E-state index >= 15 is 0 Å². The Balaban J connectivity index is 2.39. The summed E-state index contributed by atoms with van der Waals surface area (Å²) in [6.45, 7) is 0. The minimum atomic E-state index is -0.438. The predicted molar refractivity (Wildman–Crippen MR) is 80.3 cm³/mol. The van der Waals surface area contributed by atoms with Gasteiger partial charge in [-0.2, -0.15) is 5.26 Å². The highest BCUT2D eigenvalue weighted by molar-refractivity contribution is 6.30. The van der Waals surface area contributed by atoms with Gasteiger partial charge in [0.1, 0.15) is 11.6 Å². The van der Waals surface area contributed by atoms with Crippen molar-refractivity contribution >= 4 is 34.2 Å². The fourth-order valence-electron chi connectivity index (χ4n) is 2.21. The zero-order chi connectivity index (χ0) is 15.0. The highest BCUT2D eigenvalue weighted by Crippen LogP contribution is 2.27. The molecular formula is C15H8Cl2FN3. The van der Waals surface area contributed by atoms with Gasteiger partial charge in [0.15, 0.2) is 0 Å². The van der Waals surface area contributed by atoms with E-state index in [1.54, 1.807) is 22.8 Å². The zero-order valence-corrected chi connectivity index (χ0v) is 12.2. The lowest BCUT2D eigenvalue weighted by atomic mass is 10.2. The van der Waals surface area contributed by atoms with Gasteiger partial charge < -0.3 is 0 Å². The summed E-state index contributed by atoms with van der Waals surface area (Å²) < 4.78 is 15.7. The van der Waals surface area contributed by atoms with E-state index in [2.05, 4.69) is 11.1 Å². The molecule has 0 fully saturated rings. The molecule has 3 rings (SSSR count). The second-order valence-corrected chi connectivity index (χ2v) is 5.11. The van der Waals surface area contributed by atoms with E-state index in [1.807, 2.05) is 0 Å². The molecule has 0 atom stereocenters. The number of rotatable bonds is 2. The molecule has 0 amide bonds. The zero-order valence-electron chi connectivity index (χ0n) is 10.6. The van der Waals surface area contributed by atoms with Crippen LogP contribution in [0.25, 0.3) is 16.7 Å². The second kappa shape index (κ2) is 5.36. The van der Waals surface area contributed by atoms with Crippen LogP contribution in [-0.4, -0.2) is 9.55 Å². The van der Waals surface area contributed by atoms with Crippen LogP contribution in [0.2, 0.25) is 5.02 Å². The quantitative estimate of drug-likeness (QED) is 0.656. The Kier molecular flexibility index (Phi) is 3.54. The van der Waals surface area contributed by atoms with Crippen molar-refractivity contribution in [3.05, 3.63) is 58.6 Å². The molecule has 3 nitrogen and oxygen atoms in total. The van der Waals surface area contributed by atoms with Crippen molar-refractivity contribution in [3.63, 3.8) is 0 Å². The number of benzene rings is 2. The first-order chi connectivity index (χ1) is 10.1. The van der Waals surface area contributed by atoms with Crippen LogP contribution in [0, 0.1) is 17.1 Å². The monoisotopic (exact) mass is 319 g/mol. The molecule has 0 radical (unpaired) electrons. The minimum absolute atomic E-state index is 0.114. The topological polar surface area (TPSA) is 41.6 Å². The minimum Gasteiger partial charge on any atom is -0.292 e. The van der Waals surface area contributed by atoms with Crippen LogP contribution in [0.3, 0.4) is 0 Å². The van der Waals surface area contributed by atoms with Crippen LogP contribution in [0.5, 0.6) is 0 Å². The Labute approximate surface area is 130 Å². The SMILES string of the molecule is N#Cc1ccc2nc(CCl)n(-c3cc(Cl)ccc3F)c2c1. The summed E-state index contributed by atoms with van der Waals surface area (Å²) in [5, 5.41) is 9.43. The van der Waals surface area contributed by atoms with Gasteiger partial charge in [0.2, 0.25) is 0 Å².